The van der Waals surface area contributed by atoms with Gasteiger partial charge in [0, 0.05) is 23.1 Å². The minimum atomic E-state index is -0.888. The van der Waals surface area contributed by atoms with E-state index in [1.165, 1.54) is 34.9 Å². The molecule has 1 N–H and O–H groups in total. The van der Waals surface area contributed by atoms with Crippen molar-refractivity contribution in [3.05, 3.63) is 59.8 Å². The number of aryl methyl sites for hydroxylation is 1. The van der Waals surface area contributed by atoms with Gasteiger partial charge in [0.1, 0.15) is 0 Å². The second-order valence-electron chi connectivity index (χ2n) is 6.03. The standard InChI is InChI=1S/C19H17NO2/c1-12-11-20(15-9-10-15)17-4-2-3-16(18(12)17)13-5-7-14(8-6-13)19(21)22/h2-8,11,15H,9-10H2,1H3,(H,21,22). The maximum atomic E-state index is 11.0. The Kier molecular flexibility index (Phi) is 2.83. The Morgan fingerprint density at radius 1 is 1.14 bits per heavy atom. The van der Waals surface area contributed by atoms with Crippen LogP contribution in [0.3, 0.4) is 0 Å². The van der Waals surface area contributed by atoms with E-state index in [1.54, 1.807) is 12.1 Å². The number of carbonyl (C=O) groups is 1. The molecule has 2 aromatic carbocycles. The van der Waals surface area contributed by atoms with E-state index in [-0.39, 0.29) is 0 Å². The van der Waals surface area contributed by atoms with Crippen molar-refractivity contribution in [1.82, 2.24) is 4.57 Å². The van der Waals surface area contributed by atoms with Gasteiger partial charge < -0.3 is 9.67 Å². The molecule has 3 heteroatoms. The van der Waals surface area contributed by atoms with Crippen LogP contribution in [0.1, 0.15) is 34.8 Å². The number of nitrogens with zero attached hydrogens (tertiary/aromatic N) is 1. The van der Waals surface area contributed by atoms with Crippen molar-refractivity contribution < 1.29 is 9.90 Å². The average Bonchev–Trinajstić information content (AvgIpc) is 3.32. The minimum absolute atomic E-state index is 0.322. The molecular formula is C19H17NO2. The van der Waals surface area contributed by atoms with Crippen molar-refractivity contribution in [3.63, 3.8) is 0 Å². The number of benzene rings is 2. The lowest BCUT2D eigenvalue weighted by molar-refractivity contribution is 0.0697. The molecule has 0 radical (unpaired) electrons. The van der Waals surface area contributed by atoms with Gasteiger partial charge in [0.05, 0.1) is 5.56 Å². The topological polar surface area (TPSA) is 42.2 Å². The monoisotopic (exact) mass is 291 g/mol. The molecule has 0 saturated heterocycles. The third-order valence-corrected chi connectivity index (χ3v) is 4.43. The molecule has 0 amide bonds. The van der Waals surface area contributed by atoms with E-state index in [0.29, 0.717) is 11.6 Å². The quantitative estimate of drug-likeness (QED) is 0.763. The van der Waals surface area contributed by atoms with Crippen LogP contribution in [0.2, 0.25) is 0 Å². The lowest BCUT2D eigenvalue weighted by Gasteiger charge is -2.07. The Labute approximate surface area is 128 Å². The van der Waals surface area contributed by atoms with Crippen molar-refractivity contribution >= 4 is 16.9 Å². The van der Waals surface area contributed by atoms with Crippen molar-refractivity contribution in [2.45, 2.75) is 25.8 Å². The first kappa shape index (κ1) is 13.1. The summed E-state index contributed by atoms with van der Waals surface area (Å²) in [6.45, 7) is 2.15. The summed E-state index contributed by atoms with van der Waals surface area (Å²) in [6, 6.07) is 14.2. The second kappa shape index (κ2) is 4.73. The number of rotatable bonds is 3. The predicted molar refractivity (Wildman–Crippen MR) is 87.3 cm³/mol. The summed E-state index contributed by atoms with van der Waals surface area (Å²) in [4.78, 5) is 11.0. The van der Waals surface area contributed by atoms with E-state index >= 15 is 0 Å². The van der Waals surface area contributed by atoms with E-state index in [2.05, 4.69) is 35.9 Å². The summed E-state index contributed by atoms with van der Waals surface area (Å²) >= 11 is 0. The smallest absolute Gasteiger partial charge is 0.335 e. The summed E-state index contributed by atoms with van der Waals surface area (Å²) in [5.74, 6) is -0.888. The highest BCUT2D eigenvalue weighted by molar-refractivity contribution is 5.98. The van der Waals surface area contributed by atoms with Crippen molar-refractivity contribution in [2.75, 3.05) is 0 Å². The summed E-state index contributed by atoms with van der Waals surface area (Å²) < 4.78 is 2.39. The first-order valence-corrected chi connectivity index (χ1v) is 7.59. The lowest BCUT2D eigenvalue weighted by atomic mass is 9.98. The molecule has 0 aliphatic heterocycles. The number of carboxylic acid groups (broad SMARTS) is 1. The summed E-state index contributed by atoms with van der Waals surface area (Å²) in [6.07, 6.45) is 4.78. The Bertz CT molecular complexity index is 870. The number of hydrogen-bond donors (Lipinski definition) is 1. The molecule has 1 heterocycles. The van der Waals surface area contributed by atoms with Crippen LogP contribution in [0.25, 0.3) is 22.0 Å². The van der Waals surface area contributed by atoms with Crippen LogP contribution in [-0.2, 0) is 0 Å². The minimum Gasteiger partial charge on any atom is -0.478 e. The highest BCUT2D eigenvalue weighted by atomic mass is 16.4. The molecule has 4 rings (SSSR count). The van der Waals surface area contributed by atoms with E-state index in [1.807, 2.05) is 12.1 Å². The fourth-order valence-corrected chi connectivity index (χ4v) is 3.20. The first-order chi connectivity index (χ1) is 10.6. The number of fused-ring (bicyclic) bond motifs is 1. The van der Waals surface area contributed by atoms with Crippen molar-refractivity contribution in [1.29, 1.82) is 0 Å². The number of hydrogen-bond acceptors (Lipinski definition) is 1. The Morgan fingerprint density at radius 2 is 1.86 bits per heavy atom. The van der Waals surface area contributed by atoms with Crippen LogP contribution in [-0.4, -0.2) is 15.6 Å². The van der Waals surface area contributed by atoms with Crippen LogP contribution >= 0.6 is 0 Å². The summed E-state index contributed by atoms with van der Waals surface area (Å²) in [5, 5.41) is 10.3. The van der Waals surface area contributed by atoms with Crippen LogP contribution in [0.5, 0.6) is 0 Å². The van der Waals surface area contributed by atoms with Crippen molar-refractivity contribution in [3.8, 4) is 11.1 Å². The van der Waals surface area contributed by atoms with Gasteiger partial charge in [-0.3, -0.25) is 0 Å². The maximum Gasteiger partial charge on any atom is 0.335 e. The summed E-state index contributed by atoms with van der Waals surface area (Å²) in [7, 11) is 0. The zero-order valence-electron chi connectivity index (χ0n) is 12.4. The van der Waals surface area contributed by atoms with Crippen molar-refractivity contribution in [2.24, 2.45) is 0 Å². The molecule has 1 aliphatic carbocycles. The van der Waals surface area contributed by atoms with Gasteiger partial charge in [0.2, 0.25) is 0 Å². The van der Waals surface area contributed by atoms with Crippen LogP contribution in [0, 0.1) is 6.92 Å². The molecule has 1 aliphatic rings. The lowest BCUT2D eigenvalue weighted by Crippen LogP contribution is -1.95. The van der Waals surface area contributed by atoms with E-state index < -0.39 is 5.97 Å². The van der Waals surface area contributed by atoms with Gasteiger partial charge in [0.25, 0.3) is 0 Å². The van der Waals surface area contributed by atoms with Gasteiger partial charge in [-0.05, 0) is 54.7 Å². The molecule has 22 heavy (non-hydrogen) atoms. The van der Waals surface area contributed by atoms with Gasteiger partial charge in [-0.15, -0.1) is 0 Å². The van der Waals surface area contributed by atoms with E-state index in [4.69, 9.17) is 5.11 Å². The first-order valence-electron chi connectivity index (χ1n) is 7.59. The third kappa shape index (κ3) is 2.01. The normalized spacial score (nSPS) is 14.4. The molecule has 3 aromatic rings. The molecule has 3 nitrogen and oxygen atoms in total. The highest BCUT2D eigenvalue weighted by Gasteiger charge is 2.25. The molecule has 1 saturated carbocycles. The fraction of sp³-hybridized carbons (Fsp3) is 0.211. The Morgan fingerprint density at radius 3 is 2.50 bits per heavy atom. The Hall–Kier alpha value is -2.55. The number of aromatic carboxylic acids is 1. The molecule has 0 unspecified atom stereocenters. The SMILES string of the molecule is Cc1cn(C2CC2)c2cccc(-c3ccc(C(=O)O)cc3)c12. The van der Waals surface area contributed by atoms with E-state index in [0.717, 1.165) is 5.56 Å². The van der Waals surface area contributed by atoms with Crippen LogP contribution in [0.4, 0.5) is 0 Å². The largest absolute Gasteiger partial charge is 0.478 e. The fourth-order valence-electron chi connectivity index (χ4n) is 3.20. The molecule has 1 aromatic heterocycles. The Balaban J connectivity index is 1.89. The molecule has 110 valence electrons. The van der Waals surface area contributed by atoms with Gasteiger partial charge in [-0.1, -0.05) is 24.3 Å². The van der Waals surface area contributed by atoms with Gasteiger partial charge in [-0.25, -0.2) is 4.79 Å². The average molecular weight is 291 g/mol. The third-order valence-electron chi connectivity index (χ3n) is 4.43. The maximum absolute atomic E-state index is 11.0. The highest BCUT2D eigenvalue weighted by Crippen LogP contribution is 2.41. The van der Waals surface area contributed by atoms with Gasteiger partial charge in [-0.2, -0.15) is 0 Å². The second-order valence-corrected chi connectivity index (χ2v) is 6.03. The number of carboxylic acids is 1. The predicted octanol–water partition coefficient (Wildman–Crippen LogP) is 4.65. The molecule has 0 bridgehead atoms. The molecule has 0 atom stereocenters. The molecule has 1 fully saturated rings. The zero-order chi connectivity index (χ0) is 15.3. The molecule has 0 spiro atoms. The zero-order valence-corrected chi connectivity index (χ0v) is 12.4. The van der Waals surface area contributed by atoms with Gasteiger partial charge in [0.15, 0.2) is 0 Å². The molecular weight excluding hydrogens is 274 g/mol. The number of aromatic nitrogens is 1. The van der Waals surface area contributed by atoms with Gasteiger partial charge >= 0.3 is 5.97 Å². The van der Waals surface area contributed by atoms with Crippen LogP contribution < -0.4 is 0 Å². The van der Waals surface area contributed by atoms with E-state index in [9.17, 15) is 4.79 Å². The van der Waals surface area contributed by atoms with Crippen LogP contribution in [0.15, 0.2) is 48.7 Å². The summed E-state index contributed by atoms with van der Waals surface area (Å²) in [5.41, 5.74) is 5.11.